The van der Waals surface area contributed by atoms with E-state index >= 15 is 0 Å². The Bertz CT molecular complexity index is 702. The SMILES string of the molecule is CCCc1nnc2sc(Cc3ccc(OC)cc3)nn12. The van der Waals surface area contributed by atoms with Crippen LogP contribution in [-0.4, -0.2) is 26.9 Å². The summed E-state index contributed by atoms with van der Waals surface area (Å²) in [6.07, 6.45) is 2.77. The Labute approximate surface area is 121 Å². The average molecular weight is 288 g/mol. The average Bonchev–Trinajstić information content (AvgIpc) is 3.02. The van der Waals surface area contributed by atoms with E-state index in [1.165, 1.54) is 5.56 Å². The van der Waals surface area contributed by atoms with Gasteiger partial charge in [0, 0.05) is 12.8 Å². The molecule has 0 unspecified atom stereocenters. The highest BCUT2D eigenvalue weighted by atomic mass is 32.1. The third-order valence-corrected chi connectivity index (χ3v) is 3.98. The normalized spacial score (nSPS) is 11.1. The first-order chi connectivity index (χ1) is 9.80. The van der Waals surface area contributed by atoms with Gasteiger partial charge < -0.3 is 4.74 Å². The van der Waals surface area contributed by atoms with E-state index < -0.39 is 0 Å². The monoisotopic (exact) mass is 288 g/mol. The number of fused-ring (bicyclic) bond motifs is 1. The van der Waals surface area contributed by atoms with Crippen LogP contribution in [0.15, 0.2) is 24.3 Å². The molecule has 0 fully saturated rings. The maximum atomic E-state index is 5.16. The summed E-state index contributed by atoms with van der Waals surface area (Å²) < 4.78 is 7.03. The van der Waals surface area contributed by atoms with Crippen LogP contribution in [0.25, 0.3) is 4.96 Å². The number of hydrogen-bond acceptors (Lipinski definition) is 5. The molecule has 3 rings (SSSR count). The number of nitrogens with zero attached hydrogens (tertiary/aromatic N) is 4. The fourth-order valence-electron chi connectivity index (χ4n) is 2.07. The lowest BCUT2D eigenvalue weighted by molar-refractivity contribution is 0.414. The van der Waals surface area contributed by atoms with Crippen LogP contribution in [0.5, 0.6) is 5.75 Å². The van der Waals surface area contributed by atoms with Crippen molar-refractivity contribution < 1.29 is 4.74 Å². The van der Waals surface area contributed by atoms with Gasteiger partial charge in [0.1, 0.15) is 10.8 Å². The minimum Gasteiger partial charge on any atom is -0.497 e. The second-order valence-corrected chi connectivity index (χ2v) is 5.62. The number of ether oxygens (including phenoxy) is 1. The lowest BCUT2D eigenvalue weighted by Gasteiger charge is -2.01. The van der Waals surface area contributed by atoms with Gasteiger partial charge in [-0.2, -0.15) is 9.61 Å². The molecular weight excluding hydrogens is 272 g/mol. The van der Waals surface area contributed by atoms with Crippen LogP contribution in [0.4, 0.5) is 0 Å². The molecule has 0 bridgehead atoms. The van der Waals surface area contributed by atoms with Crippen molar-refractivity contribution in [2.75, 3.05) is 7.11 Å². The predicted molar refractivity (Wildman–Crippen MR) is 78.5 cm³/mol. The Balaban J connectivity index is 1.82. The standard InChI is InChI=1S/C14H16N4OS/c1-3-4-12-15-16-14-18(12)17-13(20-14)9-10-5-7-11(19-2)8-6-10/h5-8H,3-4,9H2,1-2H3. The maximum Gasteiger partial charge on any atom is 0.234 e. The van der Waals surface area contributed by atoms with Gasteiger partial charge in [0.05, 0.1) is 7.11 Å². The molecule has 0 radical (unpaired) electrons. The zero-order valence-corrected chi connectivity index (χ0v) is 12.4. The van der Waals surface area contributed by atoms with E-state index in [2.05, 4.69) is 34.4 Å². The van der Waals surface area contributed by atoms with Crippen molar-refractivity contribution in [2.24, 2.45) is 0 Å². The largest absolute Gasteiger partial charge is 0.497 e. The molecule has 3 aromatic rings. The smallest absolute Gasteiger partial charge is 0.234 e. The first kappa shape index (κ1) is 13.1. The Morgan fingerprint density at radius 2 is 2.00 bits per heavy atom. The molecule has 0 aliphatic carbocycles. The quantitative estimate of drug-likeness (QED) is 0.724. The molecule has 2 heterocycles. The summed E-state index contributed by atoms with van der Waals surface area (Å²) >= 11 is 1.60. The Morgan fingerprint density at radius 1 is 1.20 bits per heavy atom. The molecule has 0 N–H and O–H groups in total. The molecule has 0 aliphatic rings. The molecule has 1 aromatic carbocycles. The topological polar surface area (TPSA) is 52.3 Å². The first-order valence-corrected chi connectivity index (χ1v) is 7.44. The molecule has 0 saturated carbocycles. The van der Waals surface area contributed by atoms with Crippen LogP contribution in [-0.2, 0) is 12.8 Å². The molecule has 2 aromatic heterocycles. The summed E-state index contributed by atoms with van der Waals surface area (Å²) in [6, 6.07) is 8.07. The number of aromatic nitrogens is 4. The Morgan fingerprint density at radius 3 is 2.70 bits per heavy atom. The summed E-state index contributed by atoms with van der Waals surface area (Å²) in [4.78, 5) is 0.872. The minimum absolute atomic E-state index is 0.809. The van der Waals surface area contributed by atoms with Gasteiger partial charge >= 0.3 is 0 Å². The molecule has 0 saturated heterocycles. The molecule has 20 heavy (non-hydrogen) atoms. The molecule has 0 spiro atoms. The molecule has 0 aliphatic heterocycles. The van der Waals surface area contributed by atoms with Crippen molar-refractivity contribution >= 4 is 16.3 Å². The lowest BCUT2D eigenvalue weighted by atomic mass is 10.1. The highest BCUT2D eigenvalue weighted by molar-refractivity contribution is 7.16. The van der Waals surface area contributed by atoms with Gasteiger partial charge in [0.25, 0.3) is 0 Å². The number of rotatable bonds is 5. The van der Waals surface area contributed by atoms with Gasteiger partial charge in [-0.05, 0) is 24.1 Å². The second-order valence-electron chi connectivity index (χ2n) is 4.58. The fraction of sp³-hybridized carbons (Fsp3) is 0.357. The van der Waals surface area contributed by atoms with Crippen molar-refractivity contribution in [3.8, 4) is 5.75 Å². The highest BCUT2D eigenvalue weighted by Crippen LogP contribution is 2.19. The van der Waals surface area contributed by atoms with E-state index in [9.17, 15) is 0 Å². The van der Waals surface area contributed by atoms with E-state index in [-0.39, 0.29) is 0 Å². The van der Waals surface area contributed by atoms with Crippen LogP contribution in [0.1, 0.15) is 29.7 Å². The van der Waals surface area contributed by atoms with Crippen molar-refractivity contribution in [1.82, 2.24) is 19.8 Å². The van der Waals surface area contributed by atoms with Crippen molar-refractivity contribution in [1.29, 1.82) is 0 Å². The van der Waals surface area contributed by atoms with Gasteiger partial charge in [-0.1, -0.05) is 30.4 Å². The zero-order chi connectivity index (χ0) is 13.9. The number of aryl methyl sites for hydroxylation is 1. The van der Waals surface area contributed by atoms with Crippen LogP contribution < -0.4 is 4.74 Å². The van der Waals surface area contributed by atoms with Gasteiger partial charge in [-0.25, -0.2) is 0 Å². The molecule has 6 heteroatoms. The second kappa shape index (κ2) is 5.58. The van der Waals surface area contributed by atoms with E-state index in [1.807, 2.05) is 16.6 Å². The highest BCUT2D eigenvalue weighted by Gasteiger charge is 2.11. The molecular formula is C14H16N4OS. The molecule has 0 atom stereocenters. The van der Waals surface area contributed by atoms with Crippen LogP contribution in [0.3, 0.4) is 0 Å². The first-order valence-electron chi connectivity index (χ1n) is 6.63. The Hall–Kier alpha value is -1.95. The molecule has 104 valence electrons. The molecule has 5 nitrogen and oxygen atoms in total. The third-order valence-electron chi connectivity index (χ3n) is 3.09. The number of benzene rings is 1. The van der Waals surface area contributed by atoms with Crippen molar-refractivity contribution in [3.05, 3.63) is 40.7 Å². The summed E-state index contributed by atoms with van der Waals surface area (Å²) in [5.41, 5.74) is 1.22. The summed E-state index contributed by atoms with van der Waals surface area (Å²) in [5.74, 6) is 1.82. The predicted octanol–water partition coefficient (Wildman–Crippen LogP) is 2.74. The maximum absolute atomic E-state index is 5.16. The van der Waals surface area contributed by atoms with Crippen molar-refractivity contribution in [3.63, 3.8) is 0 Å². The van der Waals surface area contributed by atoms with Crippen LogP contribution in [0, 0.1) is 0 Å². The van der Waals surface area contributed by atoms with Gasteiger partial charge in [0.15, 0.2) is 5.82 Å². The van der Waals surface area contributed by atoms with E-state index in [4.69, 9.17) is 4.74 Å². The third kappa shape index (κ3) is 2.51. The van der Waals surface area contributed by atoms with E-state index in [1.54, 1.807) is 18.4 Å². The zero-order valence-electron chi connectivity index (χ0n) is 11.5. The summed E-state index contributed by atoms with van der Waals surface area (Å²) in [7, 11) is 1.67. The van der Waals surface area contributed by atoms with Crippen LogP contribution >= 0.6 is 11.3 Å². The van der Waals surface area contributed by atoms with E-state index in [0.29, 0.717) is 0 Å². The fourth-order valence-corrected chi connectivity index (χ4v) is 2.95. The van der Waals surface area contributed by atoms with Crippen LogP contribution in [0.2, 0.25) is 0 Å². The van der Waals surface area contributed by atoms with E-state index in [0.717, 1.165) is 40.8 Å². The van der Waals surface area contributed by atoms with Gasteiger partial charge in [-0.3, -0.25) is 0 Å². The minimum atomic E-state index is 0.809. The summed E-state index contributed by atoms with van der Waals surface area (Å²) in [5, 5.41) is 14.0. The molecule has 0 amide bonds. The van der Waals surface area contributed by atoms with Gasteiger partial charge in [-0.15, -0.1) is 10.2 Å². The van der Waals surface area contributed by atoms with Crippen molar-refractivity contribution in [2.45, 2.75) is 26.2 Å². The number of hydrogen-bond donors (Lipinski definition) is 0. The van der Waals surface area contributed by atoms with Gasteiger partial charge in [0.2, 0.25) is 4.96 Å². The lowest BCUT2D eigenvalue weighted by Crippen LogP contribution is -1.97. The summed E-state index contributed by atoms with van der Waals surface area (Å²) in [6.45, 7) is 2.13. The number of methoxy groups -OCH3 is 1. The Kier molecular flexibility index (Phi) is 3.64.